The predicted molar refractivity (Wildman–Crippen MR) is 110 cm³/mol. The number of hydrogen-bond donors (Lipinski definition) is 1. The standard InChI is InChI=1S/C20H16N4O6/c1-29-20-11-14(13-21-22-15-5-3-2-4-6-15)7-9-19(20)30-18-10-8-16(23(25)26)12-17(18)24(27)28/h2-13,22H,1H3/b21-13-. The fourth-order valence-electron chi connectivity index (χ4n) is 2.51. The van der Waals surface area contributed by atoms with Gasteiger partial charge < -0.3 is 9.47 Å². The lowest BCUT2D eigenvalue weighted by atomic mass is 10.2. The molecule has 0 fully saturated rings. The zero-order valence-electron chi connectivity index (χ0n) is 15.7. The number of non-ortho nitro benzene ring substituents is 1. The number of nitro groups is 2. The average molecular weight is 408 g/mol. The van der Waals surface area contributed by atoms with Gasteiger partial charge in [0.1, 0.15) is 0 Å². The van der Waals surface area contributed by atoms with Gasteiger partial charge in [-0.2, -0.15) is 5.10 Å². The van der Waals surface area contributed by atoms with Gasteiger partial charge in [-0.3, -0.25) is 25.7 Å². The third-order valence-electron chi connectivity index (χ3n) is 3.94. The molecule has 3 aromatic rings. The van der Waals surface area contributed by atoms with Gasteiger partial charge in [0, 0.05) is 6.07 Å². The van der Waals surface area contributed by atoms with Crippen LogP contribution in [0.3, 0.4) is 0 Å². The molecule has 3 rings (SSSR count). The summed E-state index contributed by atoms with van der Waals surface area (Å²) in [6.45, 7) is 0. The van der Waals surface area contributed by atoms with Crippen LogP contribution in [0, 0.1) is 20.2 Å². The minimum absolute atomic E-state index is 0.143. The van der Waals surface area contributed by atoms with Crippen LogP contribution in [0.2, 0.25) is 0 Å². The Balaban J connectivity index is 1.82. The molecule has 0 unspecified atom stereocenters. The second-order valence-corrected chi connectivity index (χ2v) is 5.91. The number of benzene rings is 3. The fraction of sp³-hybridized carbons (Fsp3) is 0.0500. The first kappa shape index (κ1) is 20.3. The molecule has 0 aliphatic carbocycles. The molecular weight excluding hydrogens is 392 g/mol. The molecule has 0 aromatic heterocycles. The second kappa shape index (κ2) is 9.15. The molecule has 1 N–H and O–H groups in total. The summed E-state index contributed by atoms with van der Waals surface area (Å²) in [5.74, 6) is 0.380. The summed E-state index contributed by atoms with van der Waals surface area (Å²) in [6.07, 6.45) is 1.58. The Hall–Kier alpha value is -4.47. The van der Waals surface area contributed by atoms with Crippen LogP contribution in [0.25, 0.3) is 0 Å². The molecule has 0 saturated carbocycles. The van der Waals surface area contributed by atoms with E-state index in [0.29, 0.717) is 11.3 Å². The summed E-state index contributed by atoms with van der Waals surface area (Å²) < 4.78 is 10.9. The number of methoxy groups -OCH3 is 1. The van der Waals surface area contributed by atoms with E-state index in [9.17, 15) is 20.2 Å². The summed E-state index contributed by atoms with van der Waals surface area (Å²) in [5, 5.41) is 26.3. The van der Waals surface area contributed by atoms with Gasteiger partial charge in [-0.15, -0.1) is 0 Å². The van der Waals surface area contributed by atoms with Crippen molar-refractivity contribution in [2.24, 2.45) is 5.10 Å². The van der Waals surface area contributed by atoms with E-state index < -0.39 is 21.2 Å². The first-order valence-corrected chi connectivity index (χ1v) is 8.61. The minimum atomic E-state index is -0.745. The van der Waals surface area contributed by atoms with Crippen LogP contribution in [0.1, 0.15) is 5.56 Å². The first-order valence-electron chi connectivity index (χ1n) is 8.61. The maximum atomic E-state index is 11.3. The Kier molecular flexibility index (Phi) is 6.18. The molecular formula is C20H16N4O6. The van der Waals surface area contributed by atoms with Crippen LogP contribution in [-0.4, -0.2) is 23.2 Å². The summed E-state index contributed by atoms with van der Waals surface area (Å²) in [7, 11) is 1.43. The monoisotopic (exact) mass is 408 g/mol. The van der Waals surface area contributed by atoms with Crippen LogP contribution in [0.15, 0.2) is 71.8 Å². The lowest BCUT2D eigenvalue weighted by Crippen LogP contribution is -1.98. The number of anilines is 1. The lowest BCUT2D eigenvalue weighted by molar-refractivity contribution is -0.394. The molecule has 0 spiro atoms. The van der Waals surface area contributed by atoms with Crippen molar-refractivity contribution < 1.29 is 19.3 Å². The number of hydrogen-bond acceptors (Lipinski definition) is 8. The highest BCUT2D eigenvalue weighted by molar-refractivity contribution is 5.81. The smallest absolute Gasteiger partial charge is 0.318 e. The molecule has 0 atom stereocenters. The summed E-state index contributed by atoms with van der Waals surface area (Å²) in [4.78, 5) is 20.7. The van der Waals surface area contributed by atoms with Gasteiger partial charge in [0.2, 0.25) is 5.75 Å². The van der Waals surface area contributed by atoms with Gasteiger partial charge in [-0.1, -0.05) is 18.2 Å². The van der Waals surface area contributed by atoms with Crippen molar-refractivity contribution in [3.05, 3.63) is 92.5 Å². The van der Waals surface area contributed by atoms with Crippen LogP contribution >= 0.6 is 0 Å². The van der Waals surface area contributed by atoms with Gasteiger partial charge >= 0.3 is 5.69 Å². The van der Waals surface area contributed by atoms with Crippen LogP contribution in [-0.2, 0) is 0 Å². The molecule has 0 bridgehead atoms. The molecule has 152 valence electrons. The van der Waals surface area contributed by atoms with E-state index in [4.69, 9.17) is 9.47 Å². The number of nitro benzene ring substituents is 2. The maximum Gasteiger partial charge on any atom is 0.318 e. The second-order valence-electron chi connectivity index (χ2n) is 5.91. The highest BCUT2D eigenvalue weighted by atomic mass is 16.6. The fourth-order valence-corrected chi connectivity index (χ4v) is 2.51. The van der Waals surface area contributed by atoms with E-state index in [1.807, 2.05) is 30.3 Å². The van der Waals surface area contributed by atoms with Crippen molar-refractivity contribution in [3.8, 4) is 17.2 Å². The Morgan fingerprint density at radius 3 is 2.30 bits per heavy atom. The van der Waals surface area contributed by atoms with Gasteiger partial charge in [-0.25, -0.2) is 0 Å². The van der Waals surface area contributed by atoms with E-state index >= 15 is 0 Å². The molecule has 0 amide bonds. The molecule has 30 heavy (non-hydrogen) atoms. The van der Waals surface area contributed by atoms with Crippen molar-refractivity contribution in [2.45, 2.75) is 0 Å². The zero-order valence-corrected chi connectivity index (χ0v) is 15.7. The Bertz CT molecular complexity index is 1100. The lowest BCUT2D eigenvalue weighted by Gasteiger charge is -2.11. The SMILES string of the molecule is COc1cc(/C=N\Nc2ccccc2)ccc1Oc1ccc([N+](=O)[O-])cc1[N+](=O)[O-]. The topological polar surface area (TPSA) is 129 Å². The maximum absolute atomic E-state index is 11.3. The van der Waals surface area contributed by atoms with Crippen LogP contribution in [0.4, 0.5) is 17.1 Å². The predicted octanol–water partition coefficient (Wildman–Crippen LogP) is 4.75. The van der Waals surface area contributed by atoms with Crippen molar-refractivity contribution in [1.82, 2.24) is 0 Å². The Morgan fingerprint density at radius 2 is 1.63 bits per heavy atom. The summed E-state index contributed by atoms with van der Waals surface area (Å²) >= 11 is 0. The number of nitrogens with zero attached hydrogens (tertiary/aromatic N) is 3. The van der Waals surface area contributed by atoms with E-state index in [-0.39, 0.29) is 11.5 Å². The van der Waals surface area contributed by atoms with Gasteiger partial charge in [0.15, 0.2) is 11.5 Å². The van der Waals surface area contributed by atoms with E-state index in [2.05, 4.69) is 10.5 Å². The molecule has 0 radical (unpaired) electrons. The van der Waals surface area contributed by atoms with Crippen molar-refractivity contribution >= 4 is 23.3 Å². The van der Waals surface area contributed by atoms with Crippen molar-refractivity contribution in [2.75, 3.05) is 12.5 Å². The molecule has 10 heteroatoms. The molecule has 0 saturated heterocycles. The molecule has 0 aliphatic rings. The van der Waals surface area contributed by atoms with Crippen molar-refractivity contribution in [3.63, 3.8) is 0 Å². The largest absolute Gasteiger partial charge is 0.493 e. The third-order valence-corrected chi connectivity index (χ3v) is 3.94. The number of ether oxygens (including phenoxy) is 2. The summed E-state index contributed by atoms with van der Waals surface area (Å²) in [6, 6.07) is 17.4. The average Bonchev–Trinajstić information content (AvgIpc) is 2.75. The normalized spacial score (nSPS) is 10.6. The van der Waals surface area contributed by atoms with E-state index in [0.717, 1.165) is 17.8 Å². The third kappa shape index (κ3) is 4.87. The first-order chi connectivity index (χ1) is 14.5. The van der Waals surface area contributed by atoms with Crippen molar-refractivity contribution in [1.29, 1.82) is 0 Å². The molecule has 3 aromatic carbocycles. The van der Waals surface area contributed by atoms with E-state index in [1.54, 1.807) is 24.4 Å². The number of nitrogens with one attached hydrogen (secondary N) is 1. The van der Waals surface area contributed by atoms with Crippen LogP contribution < -0.4 is 14.9 Å². The highest BCUT2D eigenvalue weighted by Gasteiger charge is 2.22. The molecule has 0 heterocycles. The summed E-state index contributed by atoms with van der Waals surface area (Å²) in [5.41, 5.74) is 3.48. The van der Waals surface area contributed by atoms with Gasteiger partial charge in [-0.05, 0) is 42.0 Å². The highest BCUT2D eigenvalue weighted by Crippen LogP contribution is 2.38. The van der Waals surface area contributed by atoms with Crippen LogP contribution in [0.5, 0.6) is 17.2 Å². The molecule has 10 nitrogen and oxygen atoms in total. The number of para-hydroxylation sites is 1. The molecule has 0 aliphatic heterocycles. The van der Waals surface area contributed by atoms with E-state index in [1.165, 1.54) is 13.2 Å². The van der Waals surface area contributed by atoms with Gasteiger partial charge in [0.25, 0.3) is 5.69 Å². The number of hydrazone groups is 1. The number of rotatable bonds is 8. The Morgan fingerprint density at radius 1 is 0.900 bits per heavy atom. The zero-order chi connectivity index (χ0) is 21.5. The quantitative estimate of drug-likeness (QED) is 0.323. The van der Waals surface area contributed by atoms with Gasteiger partial charge in [0.05, 0.1) is 34.9 Å². The minimum Gasteiger partial charge on any atom is -0.493 e. The Labute approximate surface area is 170 Å².